The van der Waals surface area contributed by atoms with Crippen molar-refractivity contribution in [3.05, 3.63) is 0 Å². The standard InChI is InChI=1S/Fe.Li.Mn.H3O4P.4O/c;;;1-5(2,3)4;;;;/h;;;(H3,1,2,3,4);;;;/q+2;+1;;;;;2*-1/p-1. The van der Waals surface area contributed by atoms with Crippen molar-refractivity contribution in [1.29, 1.82) is 0 Å². The summed E-state index contributed by atoms with van der Waals surface area (Å²) in [5.41, 5.74) is 0. The van der Waals surface area contributed by atoms with E-state index in [1.807, 2.05) is 0 Å². The van der Waals surface area contributed by atoms with Crippen molar-refractivity contribution in [2.45, 2.75) is 0 Å². The maximum absolute atomic E-state index is 8.77. The maximum atomic E-state index is 8.77. The van der Waals surface area contributed by atoms with Crippen LogP contribution in [0.1, 0.15) is 0 Å². The third-order valence-corrected chi connectivity index (χ3v) is 0. The fourth-order valence-electron chi connectivity index (χ4n) is 0. The van der Waals surface area contributed by atoms with Crippen LogP contribution in [0.15, 0.2) is 0 Å². The Morgan fingerprint density at radius 2 is 1.17 bits per heavy atom. The van der Waals surface area contributed by atoms with E-state index in [-0.39, 0.29) is 35.9 Å². The first-order chi connectivity index (χ1) is 4.00. The average molecular weight is 279 g/mol. The van der Waals surface area contributed by atoms with E-state index in [4.69, 9.17) is 35.3 Å². The van der Waals surface area contributed by atoms with E-state index in [0.717, 1.165) is 0 Å². The average Bonchev–Trinajstić information content (AvgIpc) is 1.12. The minimum absolute atomic E-state index is 0. The molecule has 0 aromatic carbocycles. The van der Waals surface area contributed by atoms with Gasteiger partial charge in [-0.3, -0.25) is 4.57 Å². The zero-order valence-electron chi connectivity index (χ0n) is 5.52. The second-order valence-electron chi connectivity index (χ2n) is 0.869. The second kappa shape index (κ2) is 8.85. The molecule has 8 nitrogen and oxygen atoms in total. The van der Waals surface area contributed by atoms with Gasteiger partial charge in [0.15, 0.2) is 0 Å². The molecular weight excluding hydrogens is 277 g/mol. The van der Waals surface area contributed by atoms with Gasteiger partial charge in [0, 0.05) is 0 Å². The first-order valence-electron chi connectivity index (χ1n) is 1.38. The molecule has 0 aromatic heterocycles. The molecule has 0 saturated carbocycles. The van der Waals surface area contributed by atoms with E-state index in [0.29, 0.717) is 0 Å². The van der Waals surface area contributed by atoms with Gasteiger partial charge in [-0.25, -0.2) is 0 Å². The van der Waals surface area contributed by atoms with Gasteiger partial charge in [0.25, 0.3) is 7.82 Å². The summed E-state index contributed by atoms with van der Waals surface area (Å²) in [5.74, 6) is 0. The van der Waals surface area contributed by atoms with Crippen molar-refractivity contribution in [3.63, 3.8) is 0 Å². The van der Waals surface area contributed by atoms with Gasteiger partial charge in [-0.05, 0) is 0 Å². The molecule has 12 heavy (non-hydrogen) atoms. The van der Waals surface area contributed by atoms with Crippen LogP contribution in [0.4, 0.5) is 0 Å². The molecule has 71 valence electrons. The molecule has 0 amide bonds. The van der Waals surface area contributed by atoms with Crippen molar-refractivity contribution < 1.29 is 84.6 Å². The van der Waals surface area contributed by atoms with Crippen LogP contribution in [0, 0.1) is 0 Å². The molecule has 12 heteroatoms. The van der Waals surface area contributed by atoms with Crippen molar-refractivity contribution in [2.24, 2.45) is 0 Å². The summed E-state index contributed by atoms with van der Waals surface area (Å²) in [7, 11) is -4.89. The number of rotatable bonds is 0. The topological polar surface area (TPSA) is 161 Å². The summed E-state index contributed by atoms with van der Waals surface area (Å²) in [6.07, 6.45) is 0. The third kappa shape index (κ3) is 740. The minimum atomic E-state index is -5.62. The van der Waals surface area contributed by atoms with Crippen LogP contribution in [-0.4, -0.2) is 9.79 Å². The van der Waals surface area contributed by atoms with Crippen molar-refractivity contribution >= 4 is 7.82 Å². The van der Waals surface area contributed by atoms with Gasteiger partial charge in [-0.2, -0.15) is 0 Å². The number of hydrogen-bond acceptors (Lipinski definition) is 6. The Kier molecular flexibility index (Phi) is 17.1. The summed E-state index contributed by atoms with van der Waals surface area (Å²) in [6, 6.07) is 0. The molecule has 0 aliphatic rings. The van der Waals surface area contributed by atoms with E-state index in [1.165, 1.54) is 0 Å². The van der Waals surface area contributed by atoms with Gasteiger partial charge in [-0.1, -0.05) is 0 Å². The Labute approximate surface area is 92.2 Å². The van der Waals surface area contributed by atoms with Gasteiger partial charge < -0.3 is 14.7 Å². The Morgan fingerprint density at radius 3 is 1.17 bits per heavy atom. The zero-order valence-corrected chi connectivity index (χ0v) is 8.70. The molecule has 0 aromatic rings. The van der Waals surface area contributed by atoms with Crippen LogP contribution in [-0.2, 0) is 42.7 Å². The molecule has 0 saturated heterocycles. The van der Waals surface area contributed by atoms with Crippen molar-refractivity contribution in [1.82, 2.24) is 0 Å². The SMILES string of the molecule is O=P([O-])(O)O.[Fe+2].[Li+].[O]=[Mn](=[O])([O-])[O-]. The molecule has 0 heterocycles. The predicted molar refractivity (Wildman–Crippen MR) is 13.4 cm³/mol. The van der Waals surface area contributed by atoms with E-state index >= 15 is 0 Å². The van der Waals surface area contributed by atoms with Crippen LogP contribution >= 0.6 is 7.82 Å². The van der Waals surface area contributed by atoms with Gasteiger partial charge in [0.05, 0.1) is 0 Å². The van der Waals surface area contributed by atoms with Gasteiger partial charge in [-0.15, -0.1) is 0 Å². The Hall–Kier alpha value is 1.27. The predicted octanol–water partition coefficient (Wildman–Crippen LogP) is -7.18. The number of hydrogen-bond donors (Lipinski definition) is 2. The second-order valence-corrected chi connectivity index (χ2v) is 3.03. The fourth-order valence-corrected chi connectivity index (χ4v) is 0. The molecule has 0 aliphatic carbocycles. The van der Waals surface area contributed by atoms with Crippen LogP contribution in [0.3, 0.4) is 0 Å². The summed E-state index contributed by atoms with van der Waals surface area (Å²) in [4.78, 5) is 22.9. The van der Waals surface area contributed by atoms with E-state index in [1.54, 1.807) is 0 Å². The molecule has 0 unspecified atom stereocenters. The van der Waals surface area contributed by atoms with E-state index in [9.17, 15) is 0 Å². The third-order valence-electron chi connectivity index (χ3n) is 0. The fraction of sp³-hybridized carbons (Fsp3) is 0. The van der Waals surface area contributed by atoms with E-state index < -0.39 is 21.2 Å². The first kappa shape index (κ1) is 23.2. The van der Waals surface area contributed by atoms with Crippen molar-refractivity contribution in [3.8, 4) is 0 Å². The molecule has 0 spiro atoms. The summed E-state index contributed by atoms with van der Waals surface area (Å²) in [6.45, 7) is 0. The van der Waals surface area contributed by atoms with Crippen LogP contribution in [0.2, 0.25) is 0 Å². The van der Waals surface area contributed by atoms with Gasteiger partial charge in [0.1, 0.15) is 0 Å². The molecule has 0 aliphatic heterocycles. The Balaban J connectivity index is -0.0000000457. The van der Waals surface area contributed by atoms with E-state index in [2.05, 4.69) is 0 Å². The van der Waals surface area contributed by atoms with Gasteiger partial charge in [0.2, 0.25) is 0 Å². The van der Waals surface area contributed by atoms with Crippen LogP contribution in [0.25, 0.3) is 0 Å². The molecule has 0 radical (unpaired) electrons. The molecule has 0 atom stereocenters. The first-order valence-corrected chi connectivity index (χ1v) is 4.84. The Bertz CT molecular complexity index is 197. The van der Waals surface area contributed by atoms with Crippen LogP contribution < -0.4 is 32.1 Å². The number of phosphoric acid groups is 1. The normalized spacial score (nSPS) is 9.75. The van der Waals surface area contributed by atoms with Crippen LogP contribution in [0.5, 0.6) is 0 Å². The molecule has 0 rings (SSSR count). The summed E-state index contributed by atoms with van der Waals surface area (Å²) < 4.78 is 43.1. The molecular formula is H2FeLiMnO8P. The molecule has 0 bridgehead atoms. The Morgan fingerprint density at radius 1 is 1.17 bits per heavy atom. The molecule has 2 N–H and O–H groups in total. The zero-order chi connectivity index (χ0) is 9.00. The molecule has 0 fully saturated rings. The quantitative estimate of drug-likeness (QED) is 0.326. The van der Waals surface area contributed by atoms with Gasteiger partial charge >= 0.3 is 65.3 Å². The van der Waals surface area contributed by atoms with Crippen molar-refractivity contribution in [2.75, 3.05) is 0 Å². The summed E-state index contributed by atoms with van der Waals surface area (Å²) in [5, 5.41) is 0. The monoisotopic (exact) mass is 279 g/mol. The summed E-state index contributed by atoms with van der Waals surface area (Å²) >= 11 is -5.62.